The molecule has 3 aromatic rings. The number of carboxylic acids is 1. The summed E-state index contributed by atoms with van der Waals surface area (Å²) in [6.07, 6.45) is 5.45. The fraction of sp³-hybridized carbons (Fsp3) is 0.200. The minimum Gasteiger partial charge on any atom is -0.480 e. The first-order valence-corrected chi connectivity index (χ1v) is 6.72. The highest BCUT2D eigenvalue weighted by atomic mass is 16.4. The van der Waals surface area contributed by atoms with Crippen LogP contribution in [0.4, 0.5) is 0 Å². The molecule has 0 aliphatic heterocycles. The van der Waals surface area contributed by atoms with Gasteiger partial charge in [-0.2, -0.15) is 0 Å². The topological polar surface area (TPSA) is 93.8 Å². The second kappa shape index (κ2) is 5.80. The lowest BCUT2D eigenvalue weighted by molar-refractivity contribution is -0.139. The Balaban J connectivity index is 1.72. The van der Waals surface area contributed by atoms with Crippen molar-refractivity contribution in [2.45, 2.75) is 19.0 Å². The van der Waals surface area contributed by atoms with Crippen molar-refractivity contribution in [1.29, 1.82) is 0 Å². The number of aromatic amines is 2. The van der Waals surface area contributed by atoms with Crippen molar-refractivity contribution >= 4 is 16.9 Å². The molecule has 3 rings (SSSR count). The molecule has 1 aromatic carbocycles. The summed E-state index contributed by atoms with van der Waals surface area (Å²) < 4.78 is 0. The van der Waals surface area contributed by atoms with Gasteiger partial charge >= 0.3 is 5.97 Å². The molecule has 0 aliphatic carbocycles. The Morgan fingerprint density at radius 1 is 1.33 bits per heavy atom. The third kappa shape index (κ3) is 2.95. The number of benzene rings is 1. The first-order valence-electron chi connectivity index (χ1n) is 6.72. The van der Waals surface area contributed by atoms with Crippen LogP contribution in [0.5, 0.6) is 0 Å². The monoisotopic (exact) mass is 284 g/mol. The van der Waals surface area contributed by atoms with Gasteiger partial charge in [0.05, 0.1) is 6.33 Å². The summed E-state index contributed by atoms with van der Waals surface area (Å²) in [6, 6.07) is 7.30. The molecule has 1 atom stereocenters. The molecule has 0 fully saturated rings. The van der Waals surface area contributed by atoms with Gasteiger partial charge in [-0.05, 0) is 17.7 Å². The van der Waals surface area contributed by atoms with Gasteiger partial charge in [-0.3, -0.25) is 10.1 Å². The second-order valence-corrected chi connectivity index (χ2v) is 4.91. The molecule has 21 heavy (non-hydrogen) atoms. The molecule has 108 valence electrons. The van der Waals surface area contributed by atoms with Gasteiger partial charge in [0.25, 0.3) is 0 Å². The summed E-state index contributed by atoms with van der Waals surface area (Å²) in [5, 5.41) is 13.5. The zero-order chi connectivity index (χ0) is 14.7. The molecule has 0 spiro atoms. The molecule has 0 saturated heterocycles. The molecular weight excluding hydrogens is 268 g/mol. The fourth-order valence-electron chi connectivity index (χ4n) is 2.40. The average Bonchev–Trinajstić information content (AvgIpc) is 3.14. The largest absolute Gasteiger partial charge is 0.480 e. The lowest BCUT2D eigenvalue weighted by Gasteiger charge is -2.14. The minimum absolute atomic E-state index is 0.373. The summed E-state index contributed by atoms with van der Waals surface area (Å²) in [5.74, 6) is -0.870. The van der Waals surface area contributed by atoms with Crippen molar-refractivity contribution in [1.82, 2.24) is 20.3 Å². The smallest absolute Gasteiger partial charge is 0.321 e. The molecule has 6 nitrogen and oxygen atoms in total. The highest BCUT2D eigenvalue weighted by Gasteiger charge is 2.18. The summed E-state index contributed by atoms with van der Waals surface area (Å²) in [6.45, 7) is 0.500. The van der Waals surface area contributed by atoms with Gasteiger partial charge in [0.1, 0.15) is 6.04 Å². The Labute approximate surface area is 121 Å². The van der Waals surface area contributed by atoms with E-state index in [1.54, 1.807) is 12.5 Å². The lowest BCUT2D eigenvalue weighted by Crippen LogP contribution is -2.38. The van der Waals surface area contributed by atoms with Crippen LogP contribution in [0.1, 0.15) is 11.3 Å². The number of nitrogens with zero attached hydrogens (tertiary/aromatic N) is 1. The first-order chi connectivity index (χ1) is 10.2. The summed E-state index contributed by atoms with van der Waals surface area (Å²) in [7, 11) is 0. The van der Waals surface area contributed by atoms with Crippen LogP contribution in [0.25, 0.3) is 10.9 Å². The summed E-state index contributed by atoms with van der Waals surface area (Å²) in [5.41, 5.74) is 2.93. The Morgan fingerprint density at radius 2 is 2.24 bits per heavy atom. The van der Waals surface area contributed by atoms with E-state index in [0.29, 0.717) is 13.0 Å². The van der Waals surface area contributed by atoms with Gasteiger partial charge in [0.2, 0.25) is 0 Å². The molecule has 6 heteroatoms. The standard InChI is InChI=1S/C15H16N4O2/c20-15(21)14(6-11-8-16-9-19-11)18-7-10-2-1-3-13-12(10)4-5-17-13/h1-5,8-9,14,17-18H,6-7H2,(H,16,19)(H,20,21)/t14-/m0/s1. The van der Waals surface area contributed by atoms with Crippen LogP contribution in [0.15, 0.2) is 43.0 Å². The number of H-pyrrole nitrogens is 2. The van der Waals surface area contributed by atoms with Crippen molar-refractivity contribution < 1.29 is 9.90 Å². The highest BCUT2D eigenvalue weighted by Crippen LogP contribution is 2.17. The molecule has 0 amide bonds. The van der Waals surface area contributed by atoms with Crippen LogP contribution in [-0.2, 0) is 17.8 Å². The van der Waals surface area contributed by atoms with E-state index in [1.165, 1.54) is 0 Å². The van der Waals surface area contributed by atoms with E-state index in [9.17, 15) is 9.90 Å². The number of hydrogen-bond donors (Lipinski definition) is 4. The van der Waals surface area contributed by atoms with Crippen LogP contribution in [-0.4, -0.2) is 32.1 Å². The van der Waals surface area contributed by atoms with Crippen molar-refractivity contribution in [3.63, 3.8) is 0 Å². The van der Waals surface area contributed by atoms with Gasteiger partial charge in [-0.25, -0.2) is 4.98 Å². The van der Waals surface area contributed by atoms with E-state index in [4.69, 9.17) is 0 Å². The third-order valence-corrected chi connectivity index (χ3v) is 3.50. The molecule has 4 N–H and O–H groups in total. The number of hydrogen-bond acceptors (Lipinski definition) is 3. The van der Waals surface area contributed by atoms with Crippen LogP contribution in [0, 0.1) is 0 Å². The number of rotatable bonds is 6. The quantitative estimate of drug-likeness (QED) is 0.554. The van der Waals surface area contributed by atoms with Crippen molar-refractivity contribution in [3.05, 3.63) is 54.2 Å². The maximum Gasteiger partial charge on any atom is 0.321 e. The van der Waals surface area contributed by atoms with E-state index in [-0.39, 0.29) is 0 Å². The van der Waals surface area contributed by atoms with Crippen LogP contribution < -0.4 is 5.32 Å². The number of aromatic nitrogens is 3. The molecule has 0 aliphatic rings. The van der Waals surface area contributed by atoms with E-state index in [1.807, 2.05) is 30.5 Å². The van der Waals surface area contributed by atoms with Gasteiger partial charge in [-0.15, -0.1) is 0 Å². The zero-order valence-corrected chi connectivity index (χ0v) is 11.3. The maximum atomic E-state index is 11.4. The number of carboxylic acid groups (broad SMARTS) is 1. The van der Waals surface area contributed by atoms with Crippen LogP contribution >= 0.6 is 0 Å². The Bertz CT molecular complexity index is 733. The predicted molar refractivity (Wildman–Crippen MR) is 78.9 cm³/mol. The van der Waals surface area contributed by atoms with Gasteiger partial charge in [-0.1, -0.05) is 12.1 Å². The number of nitrogens with one attached hydrogen (secondary N) is 3. The minimum atomic E-state index is -0.870. The second-order valence-electron chi connectivity index (χ2n) is 4.91. The number of aliphatic carboxylic acids is 1. The fourth-order valence-corrected chi connectivity index (χ4v) is 2.40. The summed E-state index contributed by atoms with van der Waals surface area (Å²) in [4.78, 5) is 21.3. The van der Waals surface area contributed by atoms with Gasteiger partial charge in [0, 0.05) is 42.0 Å². The van der Waals surface area contributed by atoms with Crippen LogP contribution in [0.2, 0.25) is 0 Å². The molecule has 0 bridgehead atoms. The SMILES string of the molecule is O=C(O)[C@H](Cc1cnc[nH]1)NCc1cccc2[nH]ccc12. The van der Waals surface area contributed by atoms with E-state index in [2.05, 4.69) is 20.3 Å². The van der Waals surface area contributed by atoms with E-state index in [0.717, 1.165) is 22.2 Å². The van der Waals surface area contributed by atoms with E-state index >= 15 is 0 Å². The highest BCUT2D eigenvalue weighted by molar-refractivity contribution is 5.83. The molecule has 0 unspecified atom stereocenters. The van der Waals surface area contributed by atoms with Crippen LogP contribution in [0.3, 0.4) is 0 Å². The number of imidazole rings is 1. The third-order valence-electron chi connectivity index (χ3n) is 3.50. The number of carbonyl (C=O) groups is 1. The van der Waals surface area contributed by atoms with E-state index < -0.39 is 12.0 Å². The summed E-state index contributed by atoms with van der Waals surface area (Å²) >= 11 is 0. The first kappa shape index (κ1) is 13.4. The molecule has 2 aromatic heterocycles. The van der Waals surface area contributed by atoms with Crippen molar-refractivity contribution in [2.75, 3.05) is 0 Å². The molecule has 0 saturated carbocycles. The Kier molecular flexibility index (Phi) is 3.70. The van der Waals surface area contributed by atoms with Gasteiger partial charge < -0.3 is 15.1 Å². The lowest BCUT2D eigenvalue weighted by atomic mass is 10.1. The number of fused-ring (bicyclic) bond motifs is 1. The zero-order valence-electron chi connectivity index (χ0n) is 11.3. The van der Waals surface area contributed by atoms with Gasteiger partial charge in [0.15, 0.2) is 0 Å². The molecule has 0 radical (unpaired) electrons. The Morgan fingerprint density at radius 3 is 3.00 bits per heavy atom. The predicted octanol–water partition coefficient (Wildman–Crippen LogP) is 1.68. The maximum absolute atomic E-state index is 11.4. The molecule has 2 heterocycles. The van der Waals surface area contributed by atoms with Crippen molar-refractivity contribution in [2.24, 2.45) is 0 Å². The molecular formula is C15H16N4O2. The Hall–Kier alpha value is -2.60. The average molecular weight is 284 g/mol. The van der Waals surface area contributed by atoms with Crippen molar-refractivity contribution in [3.8, 4) is 0 Å². The normalized spacial score (nSPS) is 12.6.